The molecule has 1 amide bonds. The molecular weight excluding hydrogens is 361 g/mol. The Kier molecular flexibility index (Phi) is 4.26. The fourth-order valence-corrected chi connectivity index (χ4v) is 2.76. The van der Waals surface area contributed by atoms with Gasteiger partial charge in [-0.05, 0) is 36.4 Å². The van der Waals surface area contributed by atoms with Gasteiger partial charge in [0, 0.05) is 20.8 Å². The van der Waals surface area contributed by atoms with Crippen molar-refractivity contribution in [2.75, 3.05) is 5.32 Å². The molecular formula is C15H8Cl3N3O2. The molecule has 2 N–H and O–H groups in total. The van der Waals surface area contributed by atoms with Gasteiger partial charge in [-0.25, -0.2) is 0 Å². The number of carbonyl (C=O) groups excluding carboxylic acids is 1. The summed E-state index contributed by atoms with van der Waals surface area (Å²) in [6.07, 6.45) is 0. The third-order valence-corrected chi connectivity index (χ3v) is 3.74. The fraction of sp³-hybridized carbons (Fsp3) is 0. The molecule has 1 heterocycles. The number of hydrogen-bond donors (Lipinski definition) is 2. The van der Waals surface area contributed by atoms with Crippen LogP contribution in [0.2, 0.25) is 15.1 Å². The first kappa shape index (κ1) is 15.8. The lowest BCUT2D eigenvalue weighted by atomic mass is 10.2. The molecule has 0 radical (unpaired) electrons. The Morgan fingerprint density at radius 3 is 2.39 bits per heavy atom. The van der Waals surface area contributed by atoms with Gasteiger partial charge in [-0.15, -0.1) is 0 Å². The van der Waals surface area contributed by atoms with Crippen molar-refractivity contribution in [3.63, 3.8) is 0 Å². The number of nitrogens with zero attached hydrogens (tertiary/aromatic N) is 1. The molecule has 3 aromatic rings. The van der Waals surface area contributed by atoms with Crippen LogP contribution < -0.4 is 10.7 Å². The highest BCUT2D eigenvalue weighted by Gasteiger charge is 2.16. The number of fused-ring (bicyclic) bond motifs is 1. The zero-order valence-electron chi connectivity index (χ0n) is 11.4. The van der Waals surface area contributed by atoms with E-state index in [-0.39, 0.29) is 11.1 Å². The molecule has 5 nitrogen and oxygen atoms in total. The highest BCUT2D eigenvalue weighted by molar-refractivity contribution is 6.35. The lowest BCUT2D eigenvalue weighted by molar-refractivity contribution is 0.102. The van der Waals surface area contributed by atoms with E-state index in [0.717, 1.165) is 0 Å². The van der Waals surface area contributed by atoms with Crippen LogP contribution in [0.5, 0.6) is 0 Å². The van der Waals surface area contributed by atoms with Crippen LogP contribution in [0.1, 0.15) is 10.5 Å². The number of benzene rings is 2. The van der Waals surface area contributed by atoms with E-state index < -0.39 is 11.3 Å². The van der Waals surface area contributed by atoms with E-state index in [1.807, 2.05) is 0 Å². The summed E-state index contributed by atoms with van der Waals surface area (Å²) < 4.78 is 0. The van der Waals surface area contributed by atoms with Crippen molar-refractivity contribution in [1.82, 2.24) is 10.2 Å². The highest BCUT2D eigenvalue weighted by Crippen LogP contribution is 2.22. The van der Waals surface area contributed by atoms with Gasteiger partial charge < -0.3 is 5.32 Å². The first-order valence-corrected chi connectivity index (χ1v) is 7.53. The minimum atomic E-state index is -0.675. The van der Waals surface area contributed by atoms with Crippen LogP contribution in [0, 0.1) is 0 Å². The summed E-state index contributed by atoms with van der Waals surface area (Å²) >= 11 is 17.6. The number of carbonyl (C=O) groups is 1. The summed E-state index contributed by atoms with van der Waals surface area (Å²) in [6.45, 7) is 0. The first-order valence-electron chi connectivity index (χ1n) is 6.39. The molecule has 0 bridgehead atoms. The van der Waals surface area contributed by atoms with Crippen LogP contribution in [0.25, 0.3) is 10.9 Å². The third kappa shape index (κ3) is 3.32. The predicted octanol–water partition coefficient (Wildman–Crippen LogP) is 4.14. The van der Waals surface area contributed by atoms with Crippen molar-refractivity contribution >= 4 is 57.3 Å². The van der Waals surface area contributed by atoms with Crippen molar-refractivity contribution in [1.29, 1.82) is 0 Å². The monoisotopic (exact) mass is 367 g/mol. The number of H-pyrrole nitrogens is 1. The quantitative estimate of drug-likeness (QED) is 0.714. The molecule has 116 valence electrons. The normalized spacial score (nSPS) is 10.7. The summed E-state index contributed by atoms with van der Waals surface area (Å²) in [7, 11) is 0. The summed E-state index contributed by atoms with van der Waals surface area (Å²) in [4.78, 5) is 24.7. The topological polar surface area (TPSA) is 74.8 Å². The molecule has 8 heteroatoms. The average Bonchev–Trinajstić information content (AvgIpc) is 2.47. The average molecular weight is 369 g/mol. The second-order valence-electron chi connectivity index (χ2n) is 4.70. The zero-order chi connectivity index (χ0) is 16.6. The molecule has 0 aliphatic carbocycles. The molecule has 1 aromatic heterocycles. The standard InChI is InChI=1S/C15H8Cl3N3O2/c16-7-1-2-12-11(6-7)14(22)13(21-20-12)15(23)19-10-4-8(17)3-9(18)5-10/h1-6H,(H,19,23)(H,20,22). The molecule has 23 heavy (non-hydrogen) atoms. The summed E-state index contributed by atoms with van der Waals surface area (Å²) in [5, 5.41) is 10.4. The Bertz CT molecular complexity index is 965. The van der Waals surface area contributed by atoms with E-state index >= 15 is 0 Å². The van der Waals surface area contributed by atoms with Crippen molar-refractivity contribution in [2.24, 2.45) is 0 Å². The van der Waals surface area contributed by atoms with Crippen molar-refractivity contribution in [3.8, 4) is 0 Å². The maximum atomic E-state index is 12.4. The van der Waals surface area contributed by atoms with Gasteiger partial charge in [-0.1, -0.05) is 34.8 Å². The van der Waals surface area contributed by atoms with Gasteiger partial charge in [0.1, 0.15) is 0 Å². The fourth-order valence-electron chi connectivity index (χ4n) is 2.07. The van der Waals surface area contributed by atoms with E-state index in [9.17, 15) is 9.59 Å². The van der Waals surface area contributed by atoms with Gasteiger partial charge >= 0.3 is 0 Å². The summed E-state index contributed by atoms with van der Waals surface area (Å²) in [6, 6.07) is 9.26. The van der Waals surface area contributed by atoms with Crippen LogP contribution in [-0.4, -0.2) is 16.1 Å². The van der Waals surface area contributed by atoms with E-state index in [0.29, 0.717) is 26.3 Å². The van der Waals surface area contributed by atoms with Gasteiger partial charge in [0.15, 0.2) is 5.69 Å². The Balaban J connectivity index is 2.01. The zero-order valence-corrected chi connectivity index (χ0v) is 13.6. The maximum absolute atomic E-state index is 12.4. The SMILES string of the molecule is O=C(Nc1cc(Cl)cc(Cl)c1)c1n[nH]c2ccc(Cl)cc2c1=O. The largest absolute Gasteiger partial charge is 0.320 e. The van der Waals surface area contributed by atoms with Gasteiger partial charge in [-0.3, -0.25) is 14.7 Å². The highest BCUT2D eigenvalue weighted by atomic mass is 35.5. The van der Waals surface area contributed by atoms with E-state index in [1.54, 1.807) is 12.1 Å². The number of halogens is 3. The molecule has 0 saturated carbocycles. The second-order valence-corrected chi connectivity index (χ2v) is 6.01. The van der Waals surface area contributed by atoms with E-state index in [2.05, 4.69) is 15.5 Å². The van der Waals surface area contributed by atoms with Crippen LogP contribution in [0.15, 0.2) is 41.2 Å². The molecule has 0 saturated heterocycles. The Hall–Kier alpha value is -2.08. The smallest absolute Gasteiger partial charge is 0.280 e. The second kappa shape index (κ2) is 6.20. The molecule has 0 unspecified atom stereocenters. The molecule has 0 spiro atoms. The van der Waals surface area contributed by atoms with Crippen molar-refractivity contribution < 1.29 is 4.79 Å². The number of amides is 1. The molecule has 3 rings (SSSR count). The summed E-state index contributed by atoms with van der Waals surface area (Å²) in [5.41, 5.74) is 0.0457. The van der Waals surface area contributed by atoms with Crippen LogP contribution in [0.3, 0.4) is 0 Å². The van der Waals surface area contributed by atoms with Crippen molar-refractivity contribution in [3.05, 3.63) is 67.4 Å². The van der Waals surface area contributed by atoms with E-state index in [1.165, 1.54) is 24.3 Å². The van der Waals surface area contributed by atoms with Crippen molar-refractivity contribution in [2.45, 2.75) is 0 Å². The molecule has 0 aliphatic rings. The lowest BCUT2D eigenvalue weighted by Gasteiger charge is -2.06. The first-order chi connectivity index (χ1) is 10.9. The molecule has 0 fully saturated rings. The van der Waals surface area contributed by atoms with Crippen LogP contribution >= 0.6 is 34.8 Å². The predicted molar refractivity (Wildman–Crippen MR) is 91.8 cm³/mol. The third-order valence-electron chi connectivity index (χ3n) is 3.06. The number of aromatic nitrogens is 2. The van der Waals surface area contributed by atoms with E-state index in [4.69, 9.17) is 34.8 Å². The number of nitrogens with one attached hydrogen (secondary N) is 2. The van der Waals surface area contributed by atoms with Crippen LogP contribution in [0.4, 0.5) is 5.69 Å². The Morgan fingerprint density at radius 1 is 1.00 bits per heavy atom. The van der Waals surface area contributed by atoms with Crippen LogP contribution in [-0.2, 0) is 0 Å². The van der Waals surface area contributed by atoms with Gasteiger partial charge in [0.2, 0.25) is 5.43 Å². The minimum absolute atomic E-state index is 0.279. The molecule has 2 aromatic carbocycles. The number of rotatable bonds is 2. The minimum Gasteiger partial charge on any atom is -0.320 e. The lowest BCUT2D eigenvalue weighted by Crippen LogP contribution is -2.24. The molecule has 0 aliphatic heterocycles. The Morgan fingerprint density at radius 2 is 1.70 bits per heavy atom. The maximum Gasteiger partial charge on any atom is 0.280 e. The number of aromatic amines is 1. The van der Waals surface area contributed by atoms with Gasteiger partial charge in [0.05, 0.1) is 10.9 Å². The Labute approximate surface area is 145 Å². The summed E-state index contributed by atoms with van der Waals surface area (Å²) in [5.74, 6) is -0.675. The number of anilines is 1. The van der Waals surface area contributed by atoms with Gasteiger partial charge in [-0.2, -0.15) is 5.10 Å². The molecule has 0 atom stereocenters. The van der Waals surface area contributed by atoms with Gasteiger partial charge in [0.25, 0.3) is 5.91 Å². The number of hydrogen-bond acceptors (Lipinski definition) is 3.